The maximum absolute atomic E-state index is 12.7. The second-order valence-electron chi connectivity index (χ2n) is 9.47. The monoisotopic (exact) mass is 511 g/mol. The van der Waals surface area contributed by atoms with E-state index in [2.05, 4.69) is 15.7 Å². The molecule has 14 heteroatoms. The van der Waals surface area contributed by atoms with Crippen LogP contribution in [0.15, 0.2) is 15.8 Å². The van der Waals surface area contributed by atoms with Crippen molar-refractivity contribution in [1.82, 2.24) is 19.3 Å². The van der Waals surface area contributed by atoms with Gasteiger partial charge in [0.05, 0.1) is 25.7 Å². The predicted octanol–water partition coefficient (Wildman–Crippen LogP) is -0.0291. The normalized spacial score (nSPS) is 29.7. The number of H-pyrrole nitrogens is 1. The Kier molecular flexibility index (Phi) is 8.94. The molecule has 2 aliphatic rings. The third kappa shape index (κ3) is 5.26. The minimum Gasteiger partial charge on any atom is -0.393 e. The van der Waals surface area contributed by atoms with E-state index in [4.69, 9.17) is 23.9 Å². The van der Waals surface area contributed by atoms with E-state index in [0.29, 0.717) is 5.56 Å². The molecule has 12 nitrogen and oxygen atoms in total. The van der Waals surface area contributed by atoms with Gasteiger partial charge in [-0.2, -0.15) is 10.3 Å². The lowest BCUT2D eigenvalue weighted by atomic mass is 9.75. The minimum atomic E-state index is -1.68. The number of hydrogen-bond acceptors (Lipinski definition) is 10. The SMILES string of the molecule is B[C@H]1N(C)OC2C(n3cc(C)c(=O)[nH]c3=O)O[C@]1(CO)C2OP(OCCC#N)N(C(C)C)C(C)C. The molecule has 0 radical (unpaired) electrons. The average molecular weight is 511 g/mol. The van der Waals surface area contributed by atoms with Gasteiger partial charge in [0.15, 0.2) is 12.3 Å². The second-order valence-corrected chi connectivity index (χ2v) is 10.9. The van der Waals surface area contributed by atoms with Gasteiger partial charge in [0.2, 0.25) is 0 Å². The highest BCUT2D eigenvalue weighted by molar-refractivity contribution is 7.44. The maximum Gasteiger partial charge on any atom is 0.330 e. The molecular weight excluding hydrogens is 476 g/mol. The van der Waals surface area contributed by atoms with Gasteiger partial charge in [-0.05, 0) is 34.6 Å². The first-order chi connectivity index (χ1) is 16.5. The molecule has 3 rings (SSSR count). The number of aryl methyl sites for hydroxylation is 1. The summed E-state index contributed by atoms with van der Waals surface area (Å²) in [4.78, 5) is 33.1. The fourth-order valence-corrected chi connectivity index (χ4v) is 6.41. The Morgan fingerprint density at radius 3 is 2.60 bits per heavy atom. The van der Waals surface area contributed by atoms with Gasteiger partial charge in [0.25, 0.3) is 14.1 Å². The molecule has 0 aromatic carbocycles. The van der Waals surface area contributed by atoms with E-state index in [0.717, 1.165) is 0 Å². The minimum absolute atomic E-state index is 0.0664. The summed E-state index contributed by atoms with van der Waals surface area (Å²) in [5, 5.41) is 21.2. The standard InChI is InChI=1S/C21H35BN5O7P/c1-12(2)27(13(3)4)35(31-9-7-8-23)34-16-15-18(26-10-14(5)17(29)24-20(26)30)32-21(16,11-28)19(22)25(6)33-15/h10,12-13,15-16,18-19,28H,7,9,11,22H2,1-6H3,(H,24,29,30)/t15?,16?,18?,19-,21+,35?/m0/s1. The van der Waals surface area contributed by atoms with Gasteiger partial charge in [0, 0.05) is 36.8 Å². The van der Waals surface area contributed by atoms with E-state index in [1.807, 2.05) is 35.5 Å². The van der Waals surface area contributed by atoms with Crippen LogP contribution in [-0.2, 0) is 18.6 Å². The van der Waals surface area contributed by atoms with Gasteiger partial charge in [-0.1, -0.05) is 0 Å². The number of nitrogens with one attached hydrogen (secondary N) is 1. The first-order valence-electron chi connectivity index (χ1n) is 11.7. The van der Waals surface area contributed by atoms with E-state index in [1.54, 1.807) is 19.0 Å². The first kappa shape index (κ1) is 28.0. The van der Waals surface area contributed by atoms with E-state index >= 15 is 0 Å². The molecule has 0 saturated carbocycles. The molecule has 2 N–H and O–H groups in total. The Balaban J connectivity index is 2.06. The van der Waals surface area contributed by atoms with E-state index in [9.17, 15) is 14.7 Å². The van der Waals surface area contributed by atoms with Gasteiger partial charge in [0.1, 0.15) is 19.6 Å². The van der Waals surface area contributed by atoms with Gasteiger partial charge in [-0.15, -0.1) is 0 Å². The van der Waals surface area contributed by atoms with Crippen molar-refractivity contribution < 1.29 is 23.7 Å². The predicted molar refractivity (Wildman–Crippen MR) is 131 cm³/mol. The molecule has 1 aromatic rings. The van der Waals surface area contributed by atoms with Crippen LogP contribution in [0, 0.1) is 18.3 Å². The second kappa shape index (κ2) is 11.2. The van der Waals surface area contributed by atoms with Crippen LogP contribution in [0.4, 0.5) is 0 Å². The third-order valence-corrected chi connectivity index (χ3v) is 8.59. The van der Waals surface area contributed by atoms with Crippen LogP contribution in [0.5, 0.6) is 0 Å². The van der Waals surface area contributed by atoms with Crippen molar-refractivity contribution in [3.8, 4) is 6.07 Å². The van der Waals surface area contributed by atoms with Crippen LogP contribution in [0.2, 0.25) is 0 Å². The Morgan fingerprint density at radius 1 is 1.37 bits per heavy atom. The molecule has 3 heterocycles. The topological polar surface area (TPSA) is 142 Å². The van der Waals surface area contributed by atoms with Crippen molar-refractivity contribution in [3.63, 3.8) is 0 Å². The number of rotatable bonds is 10. The van der Waals surface area contributed by atoms with Gasteiger partial charge in [-0.3, -0.25) is 19.2 Å². The number of aliphatic hydroxyl groups excluding tert-OH is 1. The summed E-state index contributed by atoms with van der Waals surface area (Å²) in [6.45, 7) is 9.48. The summed E-state index contributed by atoms with van der Waals surface area (Å²) in [6, 6.07) is 2.21. The number of ether oxygens (including phenoxy) is 1. The summed E-state index contributed by atoms with van der Waals surface area (Å²) in [5.41, 5.74) is -2.05. The zero-order valence-corrected chi connectivity index (χ0v) is 22.2. The molecular formula is C21H35BN5O7P. The molecule has 35 heavy (non-hydrogen) atoms. The fourth-order valence-electron chi connectivity index (χ4n) is 4.61. The lowest BCUT2D eigenvalue weighted by molar-refractivity contribution is -0.264. The molecule has 6 atom stereocenters. The van der Waals surface area contributed by atoms with Crippen molar-refractivity contribution in [1.29, 1.82) is 5.26 Å². The Labute approximate surface area is 207 Å². The smallest absolute Gasteiger partial charge is 0.330 e. The number of aromatic nitrogens is 2. The molecule has 1 aromatic heterocycles. The van der Waals surface area contributed by atoms with E-state index in [1.165, 1.54) is 10.8 Å². The van der Waals surface area contributed by atoms with E-state index in [-0.39, 0.29) is 25.1 Å². The Morgan fingerprint density at radius 2 is 2.03 bits per heavy atom. The highest BCUT2D eigenvalue weighted by Crippen LogP contribution is 2.55. The molecule has 0 aliphatic carbocycles. The molecule has 2 bridgehead atoms. The molecule has 2 aliphatic heterocycles. The van der Waals surface area contributed by atoms with Gasteiger partial charge < -0.3 is 18.9 Å². The number of likely N-dealkylation sites (N-methyl/N-ethyl adjacent to an activating group) is 1. The van der Waals surface area contributed by atoms with Crippen molar-refractivity contribution in [2.75, 3.05) is 20.3 Å². The maximum atomic E-state index is 12.7. The number of fused-ring (bicyclic) bond motifs is 2. The van der Waals surface area contributed by atoms with Crippen molar-refractivity contribution in [2.45, 2.75) is 83.1 Å². The average Bonchev–Trinajstić information content (AvgIpc) is 3.02. The summed E-state index contributed by atoms with van der Waals surface area (Å²) in [5.74, 6) is -0.444. The van der Waals surface area contributed by atoms with Crippen LogP contribution in [0.1, 0.15) is 45.9 Å². The Hall–Kier alpha value is -1.62. The van der Waals surface area contributed by atoms with Crippen LogP contribution in [-0.4, -0.2) is 88.3 Å². The van der Waals surface area contributed by atoms with Crippen LogP contribution >= 0.6 is 8.53 Å². The molecule has 4 unspecified atom stereocenters. The number of hydroxylamine groups is 2. The zero-order valence-electron chi connectivity index (χ0n) is 21.3. The molecule has 2 fully saturated rings. The van der Waals surface area contributed by atoms with Crippen LogP contribution < -0.4 is 11.2 Å². The van der Waals surface area contributed by atoms with Crippen molar-refractivity contribution in [2.24, 2.45) is 0 Å². The number of nitriles is 1. The summed E-state index contributed by atoms with van der Waals surface area (Å²) in [7, 11) is 1.89. The molecule has 0 amide bonds. The quantitative estimate of drug-likeness (QED) is 0.250. The zero-order chi connectivity index (χ0) is 26.1. The number of hydrogen-bond donors (Lipinski definition) is 2. The Bertz CT molecular complexity index is 1040. The van der Waals surface area contributed by atoms with Crippen molar-refractivity contribution in [3.05, 3.63) is 32.6 Å². The highest BCUT2D eigenvalue weighted by atomic mass is 31.2. The van der Waals surface area contributed by atoms with Gasteiger partial charge in [-0.25, -0.2) is 9.46 Å². The molecule has 194 valence electrons. The lowest BCUT2D eigenvalue weighted by Crippen LogP contribution is -2.66. The van der Waals surface area contributed by atoms with E-state index < -0.39 is 56.4 Å². The van der Waals surface area contributed by atoms with Gasteiger partial charge >= 0.3 is 5.69 Å². The third-order valence-electron chi connectivity index (χ3n) is 6.47. The number of aliphatic hydroxyl groups is 1. The van der Waals surface area contributed by atoms with Crippen molar-refractivity contribution >= 4 is 16.4 Å². The van der Waals surface area contributed by atoms with Crippen LogP contribution in [0.25, 0.3) is 0 Å². The highest BCUT2D eigenvalue weighted by Gasteiger charge is 2.65. The number of nitrogens with zero attached hydrogens (tertiary/aromatic N) is 4. The first-order valence-corrected chi connectivity index (χ1v) is 12.9. The number of aromatic amines is 1. The largest absolute Gasteiger partial charge is 0.393 e. The molecule has 2 saturated heterocycles. The summed E-state index contributed by atoms with van der Waals surface area (Å²) < 4.78 is 22.4. The summed E-state index contributed by atoms with van der Waals surface area (Å²) >= 11 is 0. The molecule has 0 spiro atoms. The lowest BCUT2D eigenvalue weighted by Gasteiger charge is -2.48. The summed E-state index contributed by atoms with van der Waals surface area (Å²) in [6.07, 6.45) is -0.978. The van der Waals surface area contributed by atoms with Crippen LogP contribution in [0.3, 0.4) is 0 Å². The fraction of sp³-hybridized carbons (Fsp3) is 0.762.